The first-order chi connectivity index (χ1) is 10.00. The lowest BCUT2D eigenvalue weighted by atomic mass is 10.2. The lowest BCUT2D eigenvalue weighted by Gasteiger charge is -2.23. The van der Waals surface area contributed by atoms with Gasteiger partial charge in [-0.3, -0.25) is 0 Å². The topological polar surface area (TPSA) is 37.4 Å². The molecule has 0 amide bonds. The Morgan fingerprint density at radius 3 is 2.76 bits per heavy atom. The third kappa shape index (κ3) is 2.85. The molecule has 1 aromatic carbocycles. The van der Waals surface area contributed by atoms with Crippen molar-refractivity contribution in [2.45, 2.75) is 23.8 Å². The van der Waals surface area contributed by atoms with Crippen LogP contribution in [0.5, 0.6) is 0 Å². The molecule has 0 N–H and O–H groups in total. The second-order valence-corrected chi connectivity index (χ2v) is 8.55. The van der Waals surface area contributed by atoms with Crippen LogP contribution >= 0.6 is 34.5 Å². The first-order valence-electron chi connectivity index (χ1n) is 6.50. The van der Waals surface area contributed by atoms with Gasteiger partial charge in [0.25, 0.3) is 0 Å². The number of hydrogen-bond acceptors (Lipinski definition) is 3. The summed E-state index contributed by atoms with van der Waals surface area (Å²) < 4.78 is 27.3. The van der Waals surface area contributed by atoms with Crippen molar-refractivity contribution in [2.24, 2.45) is 0 Å². The molecule has 2 heterocycles. The van der Waals surface area contributed by atoms with E-state index in [1.165, 1.54) is 16.4 Å². The Hall–Kier alpha value is -0.590. The fourth-order valence-electron chi connectivity index (χ4n) is 2.59. The Morgan fingerprint density at radius 1 is 1.24 bits per heavy atom. The molecular formula is C14H13Cl2NO2S2. The maximum absolute atomic E-state index is 12.9. The highest BCUT2D eigenvalue weighted by Gasteiger charge is 2.37. The van der Waals surface area contributed by atoms with Crippen LogP contribution in [-0.4, -0.2) is 19.3 Å². The monoisotopic (exact) mass is 361 g/mol. The van der Waals surface area contributed by atoms with Crippen molar-refractivity contribution in [1.82, 2.24) is 4.31 Å². The van der Waals surface area contributed by atoms with E-state index < -0.39 is 10.0 Å². The van der Waals surface area contributed by atoms with E-state index in [4.69, 9.17) is 23.2 Å². The highest BCUT2D eigenvalue weighted by Crippen LogP contribution is 2.40. The van der Waals surface area contributed by atoms with Crippen LogP contribution in [-0.2, 0) is 10.0 Å². The zero-order chi connectivity index (χ0) is 15.0. The van der Waals surface area contributed by atoms with Gasteiger partial charge in [-0.15, -0.1) is 11.3 Å². The van der Waals surface area contributed by atoms with Crippen LogP contribution < -0.4 is 0 Å². The summed E-state index contributed by atoms with van der Waals surface area (Å²) in [6.45, 7) is 0.508. The summed E-state index contributed by atoms with van der Waals surface area (Å²) >= 11 is 13.6. The van der Waals surface area contributed by atoms with Crippen LogP contribution in [0.15, 0.2) is 40.6 Å². The largest absolute Gasteiger partial charge is 0.245 e. The van der Waals surface area contributed by atoms with Crippen LogP contribution in [0.3, 0.4) is 0 Å². The zero-order valence-corrected chi connectivity index (χ0v) is 14.1. The Kier molecular flexibility index (Phi) is 4.30. The molecule has 0 radical (unpaired) electrons. The molecule has 1 saturated heterocycles. The highest BCUT2D eigenvalue weighted by molar-refractivity contribution is 7.89. The van der Waals surface area contributed by atoms with Gasteiger partial charge < -0.3 is 0 Å². The number of sulfonamides is 1. The Balaban J connectivity index is 2.03. The molecule has 0 spiro atoms. The molecule has 1 aliphatic heterocycles. The number of nitrogens with zero attached hydrogens (tertiary/aromatic N) is 1. The second-order valence-electron chi connectivity index (χ2n) is 4.86. The number of hydrogen-bond donors (Lipinski definition) is 0. The SMILES string of the molecule is O=S(=O)(c1cc(Cl)ccc1Cl)N1CCC[C@H]1c1cccs1. The smallest absolute Gasteiger partial charge is 0.207 e. The van der Waals surface area contributed by atoms with Gasteiger partial charge in [-0.1, -0.05) is 29.3 Å². The summed E-state index contributed by atoms with van der Waals surface area (Å²) in [5, 5.41) is 2.53. The third-order valence-electron chi connectivity index (χ3n) is 3.56. The third-order valence-corrected chi connectivity index (χ3v) is 7.15. The standard InChI is InChI=1S/C14H13Cl2NO2S2/c15-10-5-6-11(16)14(9-10)21(18,19)17-7-1-3-12(17)13-4-2-8-20-13/h2,4-6,8-9,12H,1,3,7H2/t12-/m0/s1. The van der Waals surface area contributed by atoms with Crippen LogP contribution in [0.25, 0.3) is 0 Å². The van der Waals surface area contributed by atoms with Gasteiger partial charge in [0.2, 0.25) is 10.0 Å². The number of rotatable bonds is 3. The van der Waals surface area contributed by atoms with E-state index in [1.54, 1.807) is 17.4 Å². The van der Waals surface area contributed by atoms with Gasteiger partial charge >= 0.3 is 0 Å². The van der Waals surface area contributed by atoms with E-state index in [0.717, 1.165) is 17.7 Å². The van der Waals surface area contributed by atoms with Gasteiger partial charge in [0.1, 0.15) is 4.90 Å². The first-order valence-corrected chi connectivity index (χ1v) is 9.58. The fourth-order valence-corrected chi connectivity index (χ4v) is 5.95. The maximum atomic E-state index is 12.9. The molecule has 1 aliphatic rings. The lowest BCUT2D eigenvalue weighted by Crippen LogP contribution is -2.30. The minimum Gasteiger partial charge on any atom is -0.207 e. The minimum absolute atomic E-state index is 0.0834. The normalized spacial score (nSPS) is 20.0. The molecular weight excluding hydrogens is 349 g/mol. The van der Waals surface area contributed by atoms with Crippen LogP contribution in [0.2, 0.25) is 10.0 Å². The fraction of sp³-hybridized carbons (Fsp3) is 0.286. The van der Waals surface area contributed by atoms with E-state index in [2.05, 4.69) is 0 Å². The minimum atomic E-state index is -3.64. The molecule has 1 aromatic heterocycles. The Bertz CT molecular complexity index is 744. The summed E-state index contributed by atoms with van der Waals surface area (Å²) in [7, 11) is -3.64. The number of halogens is 2. The highest BCUT2D eigenvalue weighted by atomic mass is 35.5. The van der Waals surface area contributed by atoms with Crippen LogP contribution in [0, 0.1) is 0 Å². The van der Waals surface area contributed by atoms with E-state index >= 15 is 0 Å². The predicted octanol–water partition coefficient (Wildman–Crippen LogP) is 4.58. The average molecular weight is 362 g/mol. The van der Waals surface area contributed by atoms with Crippen molar-refractivity contribution >= 4 is 44.6 Å². The van der Waals surface area contributed by atoms with E-state index in [0.29, 0.717) is 11.6 Å². The van der Waals surface area contributed by atoms with Crippen molar-refractivity contribution in [1.29, 1.82) is 0 Å². The zero-order valence-electron chi connectivity index (χ0n) is 11.0. The van der Waals surface area contributed by atoms with E-state index in [-0.39, 0.29) is 16.0 Å². The molecule has 3 rings (SSSR count). The second kappa shape index (κ2) is 5.89. The maximum Gasteiger partial charge on any atom is 0.245 e. The van der Waals surface area contributed by atoms with Crippen molar-refractivity contribution in [2.75, 3.05) is 6.54 Å². The summed E-state index contributed by atoms with van der Waals surface area (Å²) in [4.78, 5) is 1.15. The molecule has 21 heavy (non-hydrogen) atoms. The van der Waals surface area contributed by atoms with Gasteiger partial charge in [0.05, 0.1) is 11.1 Å². The predicted molar refractivity (Wildman–Crippen MR) is 86.6 cm³/mol. The molecule has 0 unspecified atom stereocenters. The van der Waals surface area contributed by atoms with E-state index in [9.17, 15) is 8.42 Å². The molecule has 0 saturated carbocycles. The van der Waals surface area contributed by atoms with Gasteiger partial charge in [0.15, 0.2) is 0 Å². The molecule has 3 nitrogen and oxygen atoms in total. The first kappa shape index (κ1) is 15.3. The van der Waals surface area contributed by atoms with Crippen molar-refractivity contribution in [3.63, 3.8) is 0 Å². The summed E-state index contributed by atoms with van der Waals surface area (Å²) in [5.74, 6) is 0. The molecule has 1 atom stereocenters. The molecule has 0 bridgehead atoms. The summed E-state index contributed by atoms with van der Waals surface area (Å²) in [6, 6.07) is 8.34. The molecule has 0 aliphatic carbocycles. The molecule has 1 fully saturated rings. The van der Waals surface area contributed by atoms with E-state index in [1.807, 2.05) is 17.5 Å². The van der Waals surface area contributed by atoms with Gasteiger partial charge in [0, 0.05) is 16.4 Å². The Morgan fingerprint density at radius 2 is 2.05 bits per heavy atom. The summed E-state index contributed by atoms with van der Waals surface area (Å²) in [5.41, 5.74) is 0. The quantitative estimate of drug-likeness (QED) is 0.801. The van der Waals surface area contributed by atoms with Crippen molar-refractivity contribution < 1.29 is 8.42 Å². The van der Waals surface area contributed by atoms with Crippen molar-refractivity contribution in [3.8, 4) is 0 Å². The Labute approximate surface area is 138 Å². The molecule has 2 aromatic rings. The van der Waals surface area contributed by atoms with Crippen LogP contribution in [0.1, 0.15) is 23.8 Å². The van der Waals surface area contributed by atoms with Gasteiger partial charge in [-0.2, -0.15) is 4.31 Å². The average Bonchev–Trinajstić information content (AvgIpc) is 3.10. The number of benzene rings is 1. The molecule has 112 valence electrons. The van der Waals surface area contributed by atoms with Gasteiger partial charge in [-0.05, 0) is 42.5 Å². The van der Waals surface area contributed by atoms with Gasteiger partial charge in [-0.25, -0.2) is 8.42 Å². The van der Waals surface area contributed by atoms with Crippen LogP contribution in [0.4, 0.5) is 0 Å². The summed E-state index contributed by atoms with van der Waals surface area (Å²) in [6.07, 6.45) is 1.68. The lowest BCUT2D eigenvalue weighted by molar-refractivity contribution is 0.401. The molecule has 7 heteroatoms. The number of thiophene rings is 1. The van der Waals surface area contributed by atoms with Crippen molar-refractivity contribution in [3.05, 3.63) is 50.6 Å².